The number of nitrogens with two attached hydrogens (primary N) is 1. The van der Waals surface area contributed by atoms with E-state index in [0.29, 0.717) is 30.2 Å². The largest absolute Gasteiger partial charge is 0.494 e. The van der Waals surface area contributed by atoms with E-state index in [2.05, 4.69) is 33.5 Å². The molecule has 40 heavy (non-hydrogen) atoms. The molecule has 0 fully saturated rings. The molecule has 1 aliphatic heterocycles. The minimum absolute atomic E-state index is 0.0695. The summed E-state index contributed by atoms with van der Waals surface area (Å²) >= 11 is 3.48. The van der Waals surface area contributed by atoms with Crippen LogP contribution >= 0.6 is 15.9 Å². The zero-order chi connectivity index (χ0) is 28.0. The number of halogens is 1. The van der Waals surface area contributed by atoms with E-state index in [1.807, 2.05) is 91.0 Å². The zero-order valence-corrected chi connectivity index (χ0v) is 23.4. The van der Waals surface area contributed by atoms with Gasteiger partial charge in [0, 0.05) is 29.5 Å². The molecule has 0 bridgehead atoms. The van der Waals surface area contributed by atoms with E-state index < -0.39 is 17.6 Å². The van der Waals surface area contributed by atoms with Gasteiger partial charge in [-0.15, -0.1) is 0 Å². The third kappa shape index (κ3) is 5.94. The van der Waals surface area contributed by atoms with Gasteiger partial charge in [-0.3, -0.25) is 10.2 Å². The van der Waals surface area contributed by atoms with Crippen LogP contribution in [0.2, 0.25) is 0 Å². The van der Waals surface area contributed by atoms with Crippen LogP contribution in [0, 0.1) is 0 Å². The van der Waals surface area contributed by atoms with Crippen LogP contribution in [0.25, 0.3) is 11.1 Å². The fourth-order valence-corrected chi connectivity index (χ4v) is 5.07. The highest BCUT2D eigenvalue weighted by Crippen LogP contribution is 2.43. The molecule has 2 atom stereocenters. The van der Waals surface area contributed by atoms with Gasteiger partial charge in [0.2, 0.25) is 5.90 Å². The molecule has 4 N–H and O–H groups in total. The Morgan fingerprint density at radius 3 is 2.23 bits per heavy atom. The average Bonchev–Trinajstić information content (AvgIpc) is 3.39. The van der Waals surface area contributed by atoms with Crippen molar-refractivity contribution in [3.8, 4) is 16.9 Å². The maximum atomic E-state index is 13.6. The molecule has 4 aromatic carbocycles. The Labute approximate surface area is 241 Å². The van der Waals surface area contributed by atoms with Gasteiger partial charge >= 0.3 is 0 Å². The van der Waals surface area contributed by atoms with Gasteiger partial charge in [-0.1, -0.05) is 82.7 Å². The smallest absolute Gasteiger partial charge is 0.266 e. The number of aliphatic imine (C=N–C) groups is 1. The summed E-state index contributed by atoms with van der Waals surface area (Å²) in [6.07, 6.45) is 0.107. The highest BCUT2D eigenvalue weighted by Gasteiger charge is 2.53. The number of nitrogens with one attached hydrogen (secondary N) is 1. The number of rotatable bonds is 10. The van der Waals surface area contributed by atoms with E-state index in [1.165, 1.54) is 0 Å². The summed E-state index contributed by atoms with van der Waals surface area (Å²) in [5, 5.41) is 9.00. The quantitative estimate of drug-likeness (QED) is 0.0983. The molecule has 4 aromatic rings. The van der Waals surface area contributed by atoms with Crippen LogP contribution in [0.5, 0.6) is 5.75 Å². The lowest BCUT2D eigenvalue weighted by atomic mass is 9.82. The first kappa shape index (κ1) is 27.6. The number of nitrogens with zero attached hydrogens (tertiary/aromatic N) is 1. The number of ether oxygens (including phenoxy) is 2. The van der Waals surface area contributed by atoms with Crippen LogP contribution in [0.3, 0.4) is 0 Å². The standard InChI is InChI=1S/C32H30BrN3O4/c33-27-15-7-22(8-16-27)21-32(31(38)36-34)29(25-11-9-24(10-12-25)23-5-2-1-3-6-23)40-30(35-32)26-13-17-28(18-14-26)39-20-4-19-37/h1-3,5-18,29,37H,4,19-21,34H2,(H,36,38)/t29-,32-/m0/s1. The van der Waals surface area contributed by atoms with Crippen molar-refractivity contribution in [1.29, 1.82) is 0 Å². The van der Waals surface area contributed by atoms with Crippen molar-refractivity contribution in [2.45, 2.75) is 24.5 Å². The number of amides is 1. The molecule has 1 amide bonds. The van der Waals surface area contributed by atoms with Gasteiger partial charge in [-0.25, -0.2) is 10.8 Å². The predicted octanol–water partition coefficient (Wildman–Crippen LogP) is 5.37. The first-order chi connectivity index (χ1) is 19.5. The molecule has 1 heterocycles. The number of hydrogen-bond donors (Lipinski definition) is 3. The lowest BCUT2D eigenvalue weighted by Gasteiger charge is -2.30. The first-order valence-corrected chi connectivity index (χ1v) is 13.8. The lowest BCUT2D eigenvalue weighted by molar-refractivity contribution is -0.129. The van der Waals surface area contributed by atoms with Crippen molar-refractivity contribution < 1.29 is 19.4 Å². The number of carbonyl (C=O) groups is 1. The van der Waals surface area contributed by atoms with Crippen molar-refractivity contribution in [3.05, 3.63) is 124 Å². The summed E-state index contributed by atoms with van der Waals surface area (Å²) in [7, 11) is 0. The second kappa shape index (κ2) is 12.5. The Morgan fingerprint density at radius 2 is 1.57 bits per heavy atom. The molecule has 7 nitrogen and oxygen atoms in total. The van der Waals surface area contributed by atoms with E-state index in [-0.39, 0.29) is 13.0 Å². The Morgan fingerprint density at radius 1 is 0.925 bits per heavy atom. The Kier molecular flexibility index (Phi) is 8.60. The Hall–Kier alpha value is -3.98. The van der Waals surface area contributed by atoms with Crippen molar-refractivity contribution in [1.82, 2.24) is 5.43 Å². The molecule has 0 aliphatic carbocycles. The van der Waals surface area contributed by atoms with Crippen molar-refractivity contribution in [3.63, 3.8) is 0 Å². The second-order valence-electron chi connectivity index (χ2n) is 9.55. The molecule has 0 spiro atoms. The number of benzene rings is 4. The van der Waals surface area contributed by atoms with Crippen LogP contribution in [-0.4, -0.2) is 35.7 Å². The summed E-state index contributed by atoms with van der Waals surface area (Å²) in [6, 6.07) is 33.2. The molecule has 0 saturated carbocycles. The van der Waals surface area contributed by atoms with E-state index >= 15 is 0 Å². The minimum Gasteiger partial charge on any atom is -0.494 e. The molecule has 5 rings (SSSR count). The monoisotopic (exact) mass is 599 g/mol. The predicted molar refractivity (Wildman–Crippen MR) is 159 cm³/mol. The molecular formula is C32H30BrN3O4. The summed E-state index contributed by atoms with van der Waals surface area (Å²) in [6.45, 7) is 0.488. The molecular weight excluding hydrogens is 570 g/mol. The van der Waals surface area contributed by atoms with Crippen LogP contribution in [0.4, 0.5) is 0 Å². The normalized spacial score (nSPS) is 18.1. The maximum Gasteiger partial charge on any atom is 0.266 e. The highest BCUT2D eigenvalue weighted by atomic mass is 79.9. The zero-order valence-electron chi connectivity index (χ0n) is 21.8. The van der Waals surface area contributed by atoms with Crippen molar-refractivity contribution >= 4 is 27.7 Å². The summed E-state index contributed by atoms with van der Waals surface area (Å²) in [5.41, 5.74) is 5.60. The SMILES string of the molecule is NNC(=O)[C@@]1(Cc2ccc(Br)cc2)N=C(c2ccc(OCCCO)cc2)O[C@H]1c1ccc(-c2ccccc2)cc1. The van der Waals surface area contributed by atoms with E-state index in [4.69, 9.17) is 25.4 Å². The van der Waals surface area contributed by atoms with Crippen LogP contribution in [0.1, 0.15) is 29.2 Å². The molecule has 0 unspecified atom stereocenters. The first-order valence-electron chi connectivity index (χ1n) is 13.0. The molecule has 0 radical (unpaired) electrons. The average molecular weight is 601 g/mol. The third-order valence-corrected chi connectivity index (χ3v) is 7.40. The van der Waals surface area contributed by atoms with E-state index in [9.17, 15) is 4.79 Å². The number of aliphatic hydroxyl groups excluding tert-OH is 1. The van der Waals surface area contributed by atoms with Crippen LogP contribution in [0.15, 0.2) is 113 Å². The van der Waals surface area contributed by atoms with Gasteiger partial charge in [0.15, 0.2) is 11.6 Å². The molecule has 8 heteroatoms. The molecule has 0 saturated heterocycles. The third-order valence-electron chi connectivity index (χ3n) is 6.87. The summed E-state index contributed by atoms with van der Waals surface area (Å²) < 4.78 is 13.1. The van der Waals surface area contributed by atoms with E-state index in [1.54, 1.807) is 0 Å². The van der Waals surface area contributed by atoms with E-state index in [0.717, 1.165) is 26.7 Å². The maximum absolute atomic E-state index is 13.6. The summed E-state index contributed by atoms with van der Waals surface area (Å²) in [5.74, 6) is 6.33. The highest BCUT2D eigenvalue weighted by molar-refractivity contribution is 9.10. The Bertz CT molecular complexity index is 1460. The summed E-state index contributed by atoms with van der Waals surface area (Å²) in [4.78, 5) is 18.5. The van der Waals surface area contributed by atoms with Crippen molar-refractivity contribution in [2.75, 3.05) is 13.2 Å². The lowest BCUT2D eigenvalue weighted by Crippen LogP contribution is -2.52. The Balaban J connectivity index is 1.53. The van der Waals surface area contributed by atoms with Gasteiger partial charge < -0.3 is 14.6 Å². The number of aliphatic hydroxyl groups is 1. The minimum atomic E-state index is -1.34. The fraction of sp³-hybridized carbons (Fsp3) is 0.188. The number of carbonyl (C=O) groups excluding carboxylic acids is 1. The fourth-order valence-electron chi connectivity index (χ4n) is 4.80. The second-order valence-corrected chi connectivity index (χ2v) is 10.5. The van der Waals surface area contributed by atoms with Gasteiger partial charge in [-0.2, -0.15) is 0 Å². The van der Waals surface area contributed by atoms with Gasteiger partial charge in [0.25, 0.3) is 5.91 Å². The van der Waals surface area contributed by atoms with Crippen LogP contribution in [-0.2, 0) is 16.0 Å². The number of hydrazine groups is 1. The van der Waals surface area contributed by atoms with Gasteiger partial charge in [-0.05, 0) is 58.7 Å². The van der Waals surface area contributed by atoms with Crippen LogP contribution < -0.4 is 16.0 Å². The van der Waals surface area contributed by atoms with Gasteiger partial charge in [0.1, 0.15) is 5.75 Å². The topological polar surface area (TPSA) is 106 Å². The number of hydrogen-bond acceptors (Lipinski definition) is 6. The molecule has 0 aromatic heterocycles. The van der Waals surface area contributed by atoms with Gasteiger partial charge in [0.05, 0.1) is 6.61 Å². The molecule has 1 aliphatic rings. The molecule has 204 valence electrons. The van der Waals surface area contributed by atoms with Crippen molar-refractivity contribution in [2.24, 2.45) is 10.8 Å².